The highest BCUT2D eigenvalue weighted by atomic mass is 16.7. The van der Waals surface area contributed by atoms with Crippen molar-refractivity contribution in [2.24, 2.45) is 22.9 Å². The number of hydrogen-bond donors (Lipinski definition) is 0. The Hall–Kier alpha value is -2.23. The molecule has 3 atom stereocenters. The Morgan fingerprint density at radius 1 is 1.18 bits per heavy atom. The van der Waals surface area contributed by atoms with Gasteiger partial charge in [-0.05, 0) is 25.2 Å². The molecular formula is C18H21NO3. The Morgan fingerprint density at radius 3 is 2.59 bits per heavy atom. The second kappa shape index (κ2) is 7.16. The van der Waals surface area contributed by atoms with Crippen molar-refractivity contribution in [2.75, 3.05) is 0 Å². The molecule has 0 aromatic heterocycles. The van der Waals surface area contributed by atoms with Crippen LogP contribution in [0.25, 0.3) is 0 Å². The van der Waals surface area contributed by atoms with Gasteiger partial charge in [0.2, 0.25) is 5.78 Å². The number of carbonyl (C=O) groups excluding carboxylic acids is 2. The summed E-state index contributed by atoms with van der Waals surface area (Å²) in [4.78, 5) is 29.3. The van der Waals surface area contributed by atoms with Crippen molar-refractivity contribution in [3.05, 3.63) is 48.1 Å². The largest absolute Gasteiger partial charge is 0.342 e. The number of rotatable bonds is 4. The first-order chi connectivity index (χ1) is 10.5. The van der Waals surface area contributed by atoms with Gasteiger partial charge < -0.3 is 4.84 Å². The summed E-state index contributed by atoms with van der Waals surface area (Å²) in [6, 6.07) is 0. The van der Waals surface area contributed by atoms with E-state index in [4.69, 9.17) is 4.84 Å². The minimum Gasteiger partial charge on any atom is -0.317 e. The fourth-order valence-electron chi connectivity index (χ4n) is 2.48. The summed E-state index contributed by atoms with van der Waals surface area (Å²) >= 11 is 0. The summed E-state index contributed by atoms with van der Waals surface area (Å²) in [5.41, 5.74) is 0.901. The molecule has 2 rings (SSSR count). The molecule has 0 aromatic carbocycles. The molecule has 2 aliphatic carbocycles. The second-order valence-electron chi connectivity index (χ2n) is 5.76. The molecule has 0 fully saturated rings. The summed E-state index contributed by atoms with van der Waals surface area (Å²) in [6.45, 7) is 5.50. The fourth-order valence-corrected chi connectivity index (χ4v) is 2.48. The maximum atomic E-state index is 12.3. The summed E-state index contributed by atoms with van der Waals surface area (Å²) in [5.74, 6) is -0.741. The van der Waals surface area contributed by atoms with Crippen LogP contribution in [0.3, 0.4) is 0 Å². The number of Topliss-reactive ketones (excluding diaryl/α,β-unsaturated/α-hetero) is 1. The van der Waals surface area contributed by atoms with Gasteiger partial charge in [-0.3, -0.25) is 4.79 Å². The first kappa shape index (κ1) is 16.1. The van der Waals surface area contributed by atoms with E-state index in [-0.39, 0.29) is 29.2 Å². The minimum absolute atomic E-state index is 0.0647. The van der Waals surface area contributed by atoms with Crippen molar-refractivity contribution < 1.29 is 14.4 Å². The van der Waals surface area contributed by atoms with Crippen LogP contribution in [0.5, 0.6) is 0 Å². The van der Waals surface area contributed by atoms with Crippen molar-refractivity contribution >= 4 is 17.5 Å². The molecule has 2 aliphatic rings. The molecule has 0 amide bonds. The van der Waals surface area contributed by atoms with Gasteiger partial charge in [0.1, 0.15) is 5.71 Å². The molecule has 0 N–H and O–H groups in total. The quantitative estimate of drug-likeness (QED) is 0.454. The molecule has 4 nitrogen and oxygen atoms in total. The van der Waals surface area contributed by atoms with E-state index in [0.717, 1.165) is 6.42 Å². The van der Waals surface area contributed by atoms with Crippen LogP contribution in [-0.4, -0.2) is 17.5 Å². The lowest BCUT2D eigenvalue weighted by Crippen LogP contribution is -2.23. The van der Waals surface area contributed by atoms with Gasteiger partial charge in [0.05, 0.1) is 5.92 Å². The van der Waals surface area contributed by atoms with Gasteiger partial charge in [-0.1, -0.05) is 61.5 Å². The van der Waals surface area contributed by atoms with Gasteiger partial charge >= 0.3 is 5.97 Å². The molecule has 0 aliphatic heterocycles. The van der Waals surface area contributed by atoms with Crippen molar-refractivity contribution in [2.45, 2.75) is 27.2 Å². The maximum absolute atomic E-state index is 12.3. The third-order valence-corrected chi connectivity index (χ3v) is 3.98. The highest BCUT2D eigenvalue weighted by Crippen LogP contribution is 2.22. The van der Waals surface area contributed by atoms with Crippen LogP contribution in [-0.2, 0) is 14.4 Å². The molecular weight excluding hydrogens is 278 g/mol. The van der Waals surface area contributed by atoms with Gasteiger partial charge in [0.25, 0.3) is 0 Å². The standard InChI is InChI=1S/C18H21NO3/c1-12-8-4-6-10-15(12)17(20)14(3)19-22-18(21)16-11-7-5-9-13(16)2/h4-7,9-13,16H,8H2,1-3H3/b19-14+. The van der Waals surface area contributed by atoms with Crippen molar-refractivity contribution in [1.29, 1.82) is 0 Å². The molecule has 3 unspecified atom stereocenters. The van der Waals surface area contributed by atoms with Crippen LogP contribution in [0.2, 0.25) is 0 Å². The minimum atomic E-state index is -0.439. The van der Waals surface area contributed by atoms with E-state index in [1.807, 2.05) is 44.2 Å². The monoisotopic (exact) mass is 299 g/mol. The lowest BCUT2D eigenvalue weighted by molar-refractivity contribution is -0.147. The number of carbonyl (C=O) groups is 2. The third-order valence-electron chi connectivity index (χ3n) is 3.98. The molecule has 0 radical (unpaired) electrons. The molecule has 0 bridgehead atoms. The SMILES string of the molecule is C/C(=N\OC(=O)C1C=CC=CC1C)C(=O)C1=CC=CCC1C. The summed E-state index contributed by atoms with van der Waals surface area (Å²) in [6.07, 6.45) is 14.0. The third kappa shape index (κ3) is 3.70. The number of nitrogens with zero attached hydrogens (tertiary/aromatic N) is 1. The number of oxime groups is 1. The summed E-state index contributed by atoms with van der Waals surface area (Å²) < 4.78 is 0. The van der Waals surface area contributed by atoms with Crippen molar-refractivity contribution in [1.82, 2.24) is 0 Å². The zero-order valence-corrected chi connectivity index (χ0v) is 13.2. The van der Waals surface area contributed by atoms with Gasteiger partial charge in [0.15, 0.2) is 0 Å². The van der Waals surface area contributed by atoms with Crippen LogP contribution >= 0.6 is 0 Å². The Bertz CT molecular complexity index is 608. The zero-order chi connectivity index (χ0) is 16.1. The lowest BCUT2D eigenvalue weighted by Gasteiger charge is -2.17. The average Bonchev–Trinajstić information content (AvgIpc) is 2.52. The second-order valence-corrected chi connectivity index (χ2v) is 5.76. The smallest absolute Gasteiger partial charge is 0.317 e. The molecule has 0 saturated heterocycles. The van der Waals surface area contributed by atoms with Gasteiger partial charge in [-0.25, -0.2) is 4.79 Å². The number of allylic oxidation sites excluding steroid dienone is 7. The van der Waals surface area contributed by atoms with Crippen LogP contribution in [0.1, 0.15) is 27.2 Å². The Labute approximate surface area is 130 Å². The van der Waals surface area contributed by atoms with Crippen LogP contribution in [0.15, 0.2) is 53.3 Å². The van der Waals surface area contributed by atoms with E-state index in [1.165, 1.54) is 0 Å². The summed E-state index contributed by atoms with van der Waals surface area (Å²) in [5, 5.41) is 3.74. The predicted octanol–water partition coefficient (Wildman–Crippen LogP) is 3.38. The van der Waals surface area contributed by atoms with Crippen molar-refractivity contribution in [3.63, 3.8) is 0 Å². The van der Waals surface area contributed by atoms with Gasteiger partial charge in [0, 0.05) is 5.57 Å². The van der Waals surface area contributed by atoms with Crippen LogP contribution in [0, 0.1) is 17.8 Å². The van der Waals surface area contributed by atoms with E-state index in [9.17, 15) is 9.59 Å². The van der Waals surface area contributed by atoms with Crippen LogP contribution < -0.4 is 0 Å². The first-order valence-electron chi connectivity index (χ1n) is 7.52. The van der Waals surface area contributed by atoms with Gasteiger partial charge in [-0.2, -0.15) is 0 Å². The first-order valence-corrected chi connectivity index (χ1v) is 7.52. The molecule has 4 heteroatoms. The maximum Gasteiger partial charge on any atom is 0.342 e. The van der Waals surface area contributed by atoms with E-state index < -0.39 is 5.97 Å². The number of ketones is 1. The number of hydrogen-bond acceptors (Lipinski definition) is 4. The Balaban J connectivity index is 2.00. The fraction of sp³-hybridized carbons (Fsp3) is 0.389. The molecule has 0 heterocycles. The molecule has 0 saturated carbocycles. The zero-order valence-electron chi connectivity index (χ0n) is 13.2. The predicted molar refractivity (Wildman–Crippen MR) is 86.1 cm³/mol. The van der Waals surface area contributed by atoms with E-state index in [0.29, 0.717) is 5.57 Å². The topological polar surface area (TPSA) is 55.7 Å². The Kier molecular flexibility index (Phi) is 5.26. The highest BCUT2D eigenvalue weighted by Gasteiger charge is 2.25. The normalized spacial score (nSPS) is 27.5. The molecule has 22 heavy (non-hydrogen) atoms. The van der Waals surface area contributed by atoms with Crippen molar-refractivity contribution in [3.8, 4) is 0 Å². The summed E-state index contributed by atoms with van der Waals surface area (Å²) in [7, 11) is 0. The van der Waals surface area contributed by atoms with E-state index in [2.05, 4.69) is 5.16 Å². The highest BCUT2D eigenvalue weighted by molar-refractivity contribution is 6.45. The van der Waals surface area contributed by atoms with Crippen LogP contribution in [0.4, 0.5) is 0 Å². The van der Waals surface area contributed by atoms with E-state index >= 15 is 0 Å². The Morgan fingerprint density at radius 2 is 1.91 bits per heavy atom. The van der Waals surface area contributed by atoms with Gasteiger partial charge in [-0.15, -0.1) is 0 Å². The van der Waals surface area contributed by atoms with E-state index in [1.54, 1.807) is 19.1 Å². The molecule has 0 aromatic rings. The molecule has 0 spiro atoms. The molecule has 116 valence electrons. The average molecular weight is 299 g/mol. The lowest BCUT2D eigenvalue weighted by atomic mass is 9.89.